The number of halogens is 2. The second-order valence-corrected chi connectivity index (χ2v) is 4.33. The predicted molar refractivity (Wildman–Crippen MR) is 56.2 cm³/mol. The van der Waals surface area contributed by atoms with Gasteiger partial charge in [-0.3, -0.25) is 0 Å². The summed E-state index contributed by atoms with van der Waals surface area (Å²) in [7, 11) is 0. The average Bonchev–Trinajstić information content (AvgIpc) is 2.61. The van der Waals surface area contributed by atoms with Crippen LogP contribution >= 0.6 is 0 Å². The number of oxazole rings is 1. The zero-order chi connectivity index (χ0) is 12.0. The van der Waals surface area contributed by atoms with Gasteiger partial charge in [0.15, 0.2) is 12.0 Å². The number of hydrogen-bond acceptors (Lipinski definition) is 3. The zero-order valence-corrected chi connectivity index (χ0v) is 9.00. The van der Waals surface area contributed by atoms with Gasteiger partial charge in [0.25, 0.3) is 5.92 Å². The Morgan fingerprint density at radius 2 is 2.00 bits per heavy atom. The molecule has 2 aromatic rings. The van der Waals surface area contributed by atoms with E-state index in [1.165, 1.54) is 38.4 Å². The lowest BCUT2D eigenvalue weighted by Gasteiger charge is -2.30. The van der Waals surface area contributed by atoms with Crippen molar-refractivity contribution in [1.29, 1.82) is 0 Å². The standard InChI is InChI=1S/C11H12F2N2O/c1-10(2,14)11(12,13)7-3-4-8-9(5-7)16-6-15-8/h3-6H,14H2,1-2H3. The summed E-state index contributed by atoms with van der Waals surface area (Å²) in [5.74, 6) is -3.12. The van der Waals surface area contributed by atoms with E-state index in [0.717, 1.165) is 0 Å². The van der Waals surface area contributed by atoms with Crippen LogP contribution in [0.25, 0.3) is 11.1 Å². The molecule has 2 N–H and O–H groups in total. The molecule has 0 amide bonds. The quantitative estimate of drug-likeness (QED) is 0.856. The van der Waals surface area contributed by atoms with Crippen LogP contribution in [-0.4, -0.2) is 10.5 Å². The van der Waals surface area contributed by atoms with Crippen molar-refractivity contribution in [2.24, 2.45) is 5.73 Å². The molecule has 0 saturated heterocycles. The maximum absolute atomic E-state index is 13.9. The molecule has 0 bridgehead atoms. The molecule has 0 radical (unpaired) electrons. The molecular weight excluding hydrogens is 214 g/mol. The van der Waals surface area contributed by atoms with Crippen molar-refractivity contribution in [3.05, 3.63) is 30.2 Å². The normalized spacial score (nSPS) is 13.3. The van der Waals surface area contributed by atoms with E-state index in [1.807, 2.05) is 0 Å². The highest BCUT2D eigenvalue weighted by atomic mass is 19.3. The Bertz CT molecular complexity index is 514. The average molecular weight is 226 g/mol. The molecule has 1 aromatic carbocycles. The van der Waals surface area contributed by atoms with Crippen molar-refractivity contribution in [1.82, 2.24) is 4.98 Å². The highest BCUT2D eigenvalue weighted by Crippen LogP contribution is 2.38. The lowest BCUT2D eigenvalue weighted by atomic mass is 9.91. The number of benzene rings is 1. The molecule has 0 aliphatic carbocycles. The van der Waals surface area contributed by atoms with Gasteiger partial charge in [0.05, 0.1) is 5.54 Å². The summed E-state index contributed by atoms with van der Waals surface area (Å²) >= 11 is 0. The third-order valence-corrected chi connectivity index (χ3v) is 2.50. The second kappa shape index (κ2) is 3.25. The van der Waals surface area contributed by atoms with Gasteiger partial charge in [-0.1, -0.05) is 6.07 Å². The Kier molecular flexibility index (Phi) is 2.24. The Labute approximate surface area is 91.3 Å². The molecule has 0 spiro atoms. The molecule has 2 rings (SSSR count). The van der Waals surface area contributed by atoms with E-state index in [0.29, 0.717) is 11.1 Å². The van der Waals surface area contributed by atoms with Gasteiger partial charge in [-0.2, -0.15) is 8.78 Å². The molecule has 1 aromatic heterocycles. The minimum atomic E-state index is -3.12. The third-order valence-electron chi connectivity index (χ3n) is 2.50. The molecule has 0 saturated carbocycles. The minimum absolute atomic E-state index is 0.163. The molecule has 3 nitrogen and oxygen atoms in total. The Morgan fingerprint density at radius 1 is 1.31 bits per heavy atom. The van der Waals surface area contributed by atoms with Gasteiger partial charge in [-0.25, -0.2) is 4.98 Å². The summed E-state index contributed by atoms with van der Waals surface area (Å²) in [6.07, 6.45) is 1.22. The number of nitrogens with two attached hydrogens (primary N) is 1. The summed E-state index contributed by atoms with van der Waals surface area (Å²) in [4.78, 5) is 3.86. The minimum Gasteiger partial charge on any atom is -0.443 e. The molecule has 86 valence electrons. The van der Waals surface area contributed by atoms with Crippen molar-refractivity contribution in [3.63, 3.8) is 0 Å². The van der Waals surface area contributed by atoms with Crippen LogP contribution in [0.3, 0.4) is 0 Å². The largest absolute Gasteiger partial charge is 0.443 e. The van der Waals surface area contributed by atoms with E-state index in [9.17, 15) is 8.78 Å². The Morgan fingerprint density at radius 3 is 2.62 bits per heavy atom. The molecule has 0 fully saturated rings. The zero-order valence-electron chi connectivity index (χ0n) is 9.00. The number of nitrogens with zero attached hydrogens (tertiary/aromatic N) is 1. The lowest BCUT2D eigenvalue weighted by molar-refractivity contribution is -0.0672. The summed E-state index contributed by atoms with van der Waals surface area (Å²) in [5, 5.41) is 0. The molecule has 0 atom stereocenters. The van der Waals surface area contributed by atoms with Crippen LogP contribution < -0.4 is 5.73 Å². The number of aromatic nitrogens is 1. The summed E-state index contributed by atoms with van der Waals surface area (Å²) in [5.41, 5.74) is 4.57. The van der Waals surface area contributed by atoms with Crippen molar-refractivity contribution in [3.8, 4) is 0 Å². The van der Waals surface area contributed by atoms with Gasteiger partial charge in [-0.05, 0) is 26.0 Å². The molecule has 0 aliphatic heterocycles. The van der Waals surface area contributed by atoms with Crippen LogP contribution in [0.5, 0.6) is 0 Å². The van der Waals surface area contributed by atoms with Crippen LogP contribution in [0, 0.1) is 0 Å². The smallest absolute Gasteiger partial charge is 0.290 e. The maximum atomic E-state index is 13.9. The first kappa shape index (κ1) is 11.0. The maximum Gasteiger partial charge on any atom is 0.290 e. The highest BCUT2D eigenvalue weighted by molar-refractivity contribution is 5.73. The highest BCUT2D eigenvalue weighted by Gasteiger charge is 2.45. The molecule has 0 aliphatic rings. The summed E-state index contributed by atoms with van der Waals surface area (Å²) in [6.45, 7) is 2.58. The second-order valence-electron chi connectivity index (χ2n) is 4.33. The first-order valence-corrected chi connectivity index (χ1v) is 4.83. The van der Waals surface area contributed by atoms with Gasteiger partial charge < -0.3 is 10.2 Å². The lowest BCUT2D eigenvalue weighted by Crippen LogP contribution is -2.48. The van der Waals surface area contributed by atoms with E-state index in [4.69, 9.17) is 10.2 Å². The molecule has 1 heterocycles. The van der Waals surface area contributed by atoms with E-state index in [2.05, 4.69) is 4.98 Å². The van der Waals surface area contributed by atoms with Gasteiger partial charge in [-0.15, -0.1) is 0 Å². The van der Waals surface area contributed by atoms with Gasteiger partial charge >= 0.3 is 0 Å². The van der Waals surface area contributed by atoms with Crippen LogP contribution in [-0.2, 0) is 5.92 Å². The fourth-order valence-electron chi connectivity index (χ4n) is 1.42. The molecule has 16 heavy (non-hydrogen) atoms. The van der Waals surface area contributed by atoms with Crippen LogP contribution in [0.2, 0.25) is 0 Å². The third kappa shape index (κ3) is 1.57. The van der Waals surface area contributed by atoms with E-state index in [-0.39, 0.29) is 5.56 Å². The number of alkyl halides is 2. The SMILES string of the molecule is CC(C)(N)C(F)(F)c1ccc2ncoc2c1. The van der Waals surface area contributed by atoms with Crippen molar-refractivity contribution in [2.45, 2.75) is 25.3 Å². The Balaban J connectivity index is 2.54. The molecular formula is C11H12F2N2O. The van der Waals surface area contributed by atoms with Crippen LogP contribution in [0.15, 0.2) is 29.0 Å². The number of rotatable bonds is 2. The topological polar surface area (TPSA) is 52.0 Å². The van der Waals surface area contributed by atoms with Gasteiger partial charge in [0.2, 0.25) is 0 Å². The number of hydrogen-bond donors (Lipinski definition) is 1. The monoisotopic (exact) mass is 226 g/mol. The summed E-state index contributed by atoms with van der Waals surface area (Å²) in [6, 6.07) is 4.09. The van der Waals surface area contributed by atoms with E-state index in [1.54, 1.807) is 0 Å². The fraction of sp³-hybridized carbons (Fsp3) is 0.364. The van der Waals surface area contributed by atoms with E-state index >= 15 is 0 Å². The van der Waals surface area contributed by atoms with Crippen molar-refractivity contribution in [2.75, 3.05) is 0 Å². The van der Waals surface area contributed by atoms with Crippen molar-refractivity contribution < 1.29 is 13.2 Å². The van der Waals surface area contributed by atoms with Crippen molar-refractivity contribution >= 4 is 11.1 Å². The van der Waals surface area contributed by atoms with E-state index < -0.39 is 11.5 Å². The van der Waals surface area contributed by atoms with Crippen LogP contribution in [0.1, 0.15) is 19.4 Å². The first-order valence-electron chi connectivity index (χ1n) is 4.83. The first-order chi connectivity index (χ1) is 7.32. The predicted octanol–water partition coefficient (Wildman–Crippen LogP) is 2.66. The summed E-state index contributed by atoms with van der Waals surface area (Å²) < 4.78 is 32.8. The Hall–Kier alpha value is -1.49. The molecule has 5 heteroatoms. The van der Waals surface area contributed by atoms with Crippen LogP contribution in [0.4, 0.5) is 8.78 Å². The van der Waals surface area contributed by atoms with Gasteiger partial charge in [0.1, 0.15) is 5.52 Å². The molecule has 0 unspecified atom stereocenters. The number of fused-ring (bicyclic) bond motifs is 1. The van der Waals surface area contributed by atoms with Gasteiger partial charge in [0, 0.05) is 5.56 Å². The fourth-order valence-corrected chi connectivity index (χ4v) is 1.42.